The molecule has 1 aromatic carbocycles. The van der Waals surface area contributed by atoms with Gasteiger partial charge in [0, 0.05) is 10.7 Å². The van der Waals surface area contributed by atoms with Crippen LogP contribution in [0.2, 0.25) is 0 Å². The van der Waals surface area contributed by atoms with Crippen molar-refractivity contribution in [2.45, 2.75) is 13.8 Å². The Labute approximate surface area is 136 Å². The van der Waals surface area contributed by atoms with Gasteiger partial charge in [-0.15, -0.1) is 0 Å². The summed E-state index contributed by atoms with van der Waals surface area (Å²) in [6, 6.07) is 6.78. The first-order chi connectivity index (χ1) is 10.5. The molecule has 0 amide bonds. The molecule has 0 fully saturated rings. The Morgan fingerprint density at radius 2 is 1.91 bits per heavy atom. The molecule has 0 aliphatic carbocycles. The van der Waals surface area contributed by atoms with E-state index in [0.717, 1.165) is 0 Å². The number of benzene rings is 1. The van der Waals surface area contributed by atoms with Gasteiger partial charge in [-0.1, -0.05) is 0 Å². The van der Waals surface area contributed by atoms with E-state index in [4.69, 9.17) is 14.7 Å². The fraction of sp³-hybridized carbons (Fsp3) is 0.333. The summed E-state index contributed by atoms with van der Waals surface area (Å²) in [5, 5.41) is 8.80. The second-order valence-electron chi connectivity index (χ2n) is 4.04. The molecule has 0 saturated heterocycles. The summed E-state index contributed by atoms with van der Waals surface area (Å²) in [5.74, 6) is -2.65. The Bertz CT molecular complexity index is 604. The molecular formula is C15H15BrN2O4. The smallest absolute Gasteiger partial charge is 0.325 e. The lowest BCUT2D eigenvalue weighted by Gasteiger charge is -2.10. The van der Waals surface area contributed by atoms with Gasteiger partial charge in [-0.05, 0) is 48.0 Å². The third-order valence-corrected chi connectivity index (χ3v) is 3.16. The Morgan fingerprint density at radius 1 is 1.32 bits per heavy atom. The zero-order chi connectivity index (χ0) is 16.5. The van der Waals surface area contributed by atoms with E-state index >= 15 is 0 Å². The average molecular weight is 367 g/mol. The molecule has 116 valence electrons. The lowest BCUT2D eigenvalue weighted by atomic mass is 10.1. The number of nitriles is 1. The quantitative estimate of drug-likeness (QED) is 0.438. The lowest BCUT2D eigenvalue weighted by molar-refractivity contribution is -0.157. The minimum atomic E-state index is -1.22. The lowest BCUT2D eigenvalue weighted by Crippen LogP contribution is -2.29. The van der Waals surface area contributed by atoms with Crippen LogP contribution in [-0.2, 0) is 19.1 Å². The maximum absolute atomic E-state index is 11.8. The van der Waals surface area contributed by atoms with Crippen LogP contribution in [0.5, 0.6) is 0 Å². The van der Waals surface area contributed by atoms with Crippen LogP contribution in [0.4, 0.5) is 5.69 Å². The number of rotatable bonds is 6. The third kappa shape index (κ3) is 4.97. The minimum Gasteiger partial charge on any atom is -0.465 e. The molecule has 0 aliphatic rings. The molecule has 0 radical (unpaired) electrons. The first kappa shape index (κ1) is 17.9. The minimum absolute atomic E-state index is 0.156. The molecule has 1 aromatic rings. The number of aliphatic imine (C=N–C) groups is 1. The van der Waals surface area contributed by atoms with Crippen LogP contribution in [0.3, 0.4) is 0 Å². The van der Waals surface area contributed by atoms with Crippen LogP contribution in [0, 0.1) is 17.2 Å². The summed E-state index contributed by atoms with van der Waals surface area (Å²) in [5.41, 5.74) is 0.954. The van der Waals surface area contributed by atoms with Gasteiger partial charge in [-0.2, -0.15) is 5.26 Å². The summed E-state index contributed by atoms with van der Waals surface area (Å²) >= 11 is 3.28. The number of halogens is 1. The van der Waals surface area contributed by atoms with Gasteiger partial charge in [0.25, 0.3) is 0 Å². The van der Waals surface area contributed by atoms with Gasteiger partial charge in [0.1, 0.15) is 0 Å². The Hall–Kier alpha value is -2.20. The maximum Gasteiger partial charge on any atom is 0.325 e. The monoisotopic (exact) mass is 366 g/mol. The number of carbonyl (C=O) groups excluding carboxylic acids is 2. The van der Waals surface area contributed by atoms with Crippen molar-refractivity contribution >= 4 is 39.8 Å². The van der Waals surface area contributed by atoms with E-state index in [0.29, 0.717) is 15.7 Å². The highest BCUT2D eigenvalue weighted by Gasteiger charge is 2.27. The fourth-order valence-electron chi connectivity index (χ4n) is 1.52. The van der Waals surface area contributed by atoms with Crippen molar-refractivity contribution in [3.05, 3.63) is 28.2 Å². The SMILES string of the molecule is CCOC(=O)C(C=Nc1ccc(C#N)cc1Br)C(=O)OCC. The van der Waals surface area contributed by atoms with Crippen LogP contribution < -0.4 is 0 Å². The third-order valence-electron chi connectivity index (χ3n) is 2.52. The number of ether oxygens (including phenoxy) is 2. The molecule has 0 saturated carbocycles. The highest BCUT2D eigenvalue weighted by atomic mass is 79.9. The number of hydrogen-bond acceptors (Lipinski definition) is 6. The van der Waals surface area contributed by atoms with Crippen LogP contribution in [0.15, 0.2) is 27.7 Å². The van der Waals surface area contributed by atoms with Crippen molar-refractivity contribution < 1.29 is 19.1 Å². The summed E-state index contributed by atoms with van der Waals surface area (Å²) < 4.78 is 10.3. The molecule has 0 N–H and O–H groups in total. The zero-order valence-corrected chi connectivity index (χ0v) is 13.8. The molecule has 0 aliphatic heterocycles. The van der Waals surface area contributed by atoms with Gasteiger partial charge in [0.2, 0.25) is 0 Å². The molecule has 7 heteroatoms. The summed E-state index contributed by atoms with van der Waals surface area (Å²) in [7, 11) is 0. The molecule has 6 nitrogen and oxygen atoms in total. The largest absolute Gasteiger partial charge is 0.465 e. The van der Waals surface area contributed by atoms with Gasteiger partial charge < -0.3 is 9.47 Å². The molecule has 0 unspecified atom stereocenters. The molecule has 22 heavy (non-hydrogen) atoms. The average Bonchev–Trinajstić information content (AvgIpc) is 2.49. The number of esters is 2. The van der Waals surface area contributed by atoms with E-state index in [2.05, 4.69) is 20.9 Å². The molecule has 0 bridgehead atoms. The summed E-state index contributed by atoms with van der Waals surface area (Å²) in [6.45, 7) is 3.61. The van der Waals surface area contributed by atoms with Gasteiger partial charge in [-0.3, -0.25) is 14.6 Å². The molecular weight excluding hydrogens is 352 g/mol. The molecule has 0 aromatic heterocycles. The molecule has 0 heterocycles. The van der Waals surface area contributed by atoms with Crippen molar-refractivity contribution in [2.75, 3.05) is 13.2 Å². The standard InChI is InChI=1S/C15H15BrN2O4/c1-3-21-14(19)11(15(20)22-4-2)9-18-13-6-5-10(8-17)7-12(13)16/h5-7,9,11H,3-4H2,1-2H3. The molecule has 0 atom stereocenters. The van der Waals surface area contributed by atoms with Gasteiger partial charge in [0.15, 0.2) is 5.92 Å². The fourth-order valence-corrected chi connectivity index (χ4v) is 2.00. The number of hydrogen-bond donors (Lipinski definition) is 0. The van der Waals surface area contributed by atoms with Crippen molar-refractivity contribution in [2.24, 2.45) is 10.9 Å². The predicted octanol–water partition coefficient (Wildman–Crippen LogP) is 2.77. The maximum atomic E-state index is 11.8. The van der Waals surface area contributed by atoms with Gasteiger partial charge in [0.05, 0.1) is 30.5 Å². The number of nitrogens with zero attached hydrogens (tertiary/aromatic N) is 2. The second kappa shape index (κ2) is 8.95. The Balaban J connectivity index is 3.00. The van der Waals surface area contributed by atoms with Crippen molar-refractivity contribution in [1.82, 2.24) is 0 Å². The molecule has 0 spiro atoms. The van der Waals surface area contributed by atoms with Crippen LogP contribution >= 0.6 is 15.9 Å². The summed E-state index contributed by atoms with van der Waals surface area (Å²) in [6.07, 6.45) is 1.18. The van der Waals surface area contributed by atoms with E-state index in [1.54, 1.807) is 32.0 Å². The van der Waals surface area contributed by atoms with Crippen LogP contribution in [-0.4, -0.2) is 31.4 Å². The van der Waals surface area contributed by atoms with Gasteiger partial charge in [-0.25, -0.2) is 0 Å². The van der Waals surface area contributed by atoms with Crippen molar-refractivity contribution in [3.8, 4) is 6.07 Å². The van der Waals surface area contributed by atoms with Gasteiger partial charge >= 0.3 is 11.9 Å². The second-order valence-corrected chi connectivity index (χ2v) is 4.89. The van der Waals surface area contributed by atoms with E-state index in [1.165, 1.54) is 6.21 Å². The zero-order valence-electron chi connectivity index (χ0n) is 12.2. The number of carbonyl (C=O) groups is 2. The van der Waals surface area contributed by atoms with Crippen molar-refractivity contribution in [3.63, 3.8) is 0 Å². The van der Waals surface area contributed by atoms with Crippen molar-refractivity contribution in [1.29, 1.82) is 5.26 Å². The van der Waals surface area contributed by atoms with E-state index in [-0.39, 0.29) is 13.2 Å². The highest BCUT2D eigenvalue weighted by molar-refractivity contribution is 9.10. The van der Waals surface area contributed by atoms with Crippen LogP contribution in [0.1, 0.15) is 19.4 Å². The molecule has 1 rings (SSSR count). The predicted molar refractivity (Wildman–Crippen MR) is 83.8 cm³/mol. The topological polar surface area (TPSA) is 88.8 Å². The van der Waals surface area contributed by atoms with E-state index < -0.39 is 17.9 Å². The summed E-state index contributed by atoms with van der Waals surface area (Å²) in [4.78, 5) is 27.7. The Kier molecular flexibility index (Phi) is 7.26. The first-order valence-corrected chi connectivity index (χ1v) is 7.39. The highest BCUT2D eigenvalue weighted by Crippen LogP contribution is 2.26. The van der Waals surface area contributed by atoms with Crippen LogP contribution in [0.25, 0.3) is 0 Å². The normalized spacial score (nSPS) is 10.5. The van der Waals surface area contributed by atoms with E-state index in [9.17, 15) is 9.59 Å². The van der Waals surface area contributed by atoms with E-state index in [1.807, 2.05) is 6.07 Å². The first-order valence-electron chi connectivity index (χ1n) is 6.60. The Morgan fingerprint density at radius 3 is 2.36 bits per heavy atom.